The molecule has 2 atom stereocenters. The molecule has 0 saturated heterocycles. The molecule has 32 heavy (non-hydrogen) atoms. The van der Waals surface area contributed by atoms with Gasteiger partial charge in [-0.15, -0.1) is 0 Å². The Morgan fingerprint density at radius 2 is 1.72 bits per heavy atom. The van der Waals surface area contributed by atoms with E-state index in [2.05, 4.69) is 4.99 Å². The number of esters is 1. The minimum atomic E-state index is -4.84. The molecule has 1 heterocycles. The van der Waals surface area contributed by atoms with Crippen molar-refractivity contribution >= 4 is 34.9 Å². The molecule has 0 aromatic heterocycles. The van der Waals surface area contributed by atoms with E-state index in [1.54, 1.807) is 27.7 Å². The molecule has 0 fully saturated rings. The van der Waals surface area contributed by atoms with Crippen LogP contribution in [0, 0.1) is 6.92 Å². The van der Waals surface area contributed by atoms with Crippen LogP contribution in [0.15, 0.2) is 41.4 Å². The number of carbonyl (C=O) groups is 1. The van der Waals surface area contributed by atoms with Gasteiger partial charge in [-0.25, -0.2) is 4.79 Å². The lowest BCUT2D eigenvalue weighted by atomic mass is 9.74. The molecule has 0 bridgehead atoms. The second-order valence-corrected chi connectivity index (χ2v) is 9.64. The molecule has 0 aliphatic carbocycles. The maximum absolute atomic E-state index is 14.3. The smallest absolute Gasteiger partial charge is 0.403 e. The van der Waals surface area contributed by atoms with E-state index < -0.39 is 35.8 Å². The molecule has 0 radical (unpaired) electrons. The average Bonchev–Trinajstić information content (AvgIpc) is 2.97. The van der Waals surface area contributed by atoms with Crippen molar-refractivity contribution < 1.29 is 27.8 Å². The normalized spacial score (nSPS) is 21.4. The Morgan fingerprint density at radius 3 is 2.22 bits per heavy atom. The van der Waals surface area contributed by atoms with Crippen LogP contribution in [0.4, 0.5) is 13.2 Å². The van der Waals surface area contributed by atoms with Crippen molar-refractivity contribution in [3.63, 3.8) is 0 Å². The number of rotatable bonds is 3. The second-order valence-electron chi connectivity index (χ2n) is 8.76. The highest BCUT2D eigenvalue weighted by molar-refractivity contribution is 6.34. The lowest BCUT2D eigenvalue weighted by Crippen LogP contribution is -2.53. The molecule has 3 rings (SSSR count). The first-order chi connectivity index (χ1) is 14.7. The largest absolute Gasteiger partial charge is 0.456 e. The van der Waals surface area contributed by atoms with Crippen molar-refractivity contribution in [3.05, 3.63) is 68.7 Å². The van der Waals surface area contributed by atoms with E-state index in [0.717, 1.165) is 12.1 Å². The van der Waals surface area contributed by atoms with Gasteiger partial charge in [0.05, 0.1) is 17.8 Å². The number of hydrogen-bond acceptors (Lipinski definition) is 4. The molecule has 0 saturated carbocycles. The van der Waals surface area contributed by atoms with Crippen LogP contribution in [-0.4, -0.2) is 41.2 Å². The number of nitrogens with zero attached hydrogens (tertiary/aromatic N) is 1. The van der Waals surface area contributed by atoms with E-state index in [1.807, 2.05) is 0 Å². The molecule has 0 amide bonds. The maximum atomic E-state index is 14.3. The number of aryl methyl sites for hydroxylation is 1. The van der Waals surface area contributed by atoms with Gasteiger partial charge in [0.1, 0.15) is 17.1 Å². The summed E-state index contributed by atoms with van der Waals surface area (Å²) >= 11 is 11.9. The van der Waals surface area contributed by atoms with E-state index in [9.17, 15) is 23.1 Å². The van der Waals surface area contributed by atoms with Gasteiger partial charge < -0.3 is 9.84 Å². The molecule has 2 aromatic rings. The highest BCUT2D eigenvalue weighted by Gasteiger charge is 2.64. The highest BCUT2D eigenvalue weighted by Crippen LogP contribution is 2.49. The zero-order valence-electron chi connectivity index (χ0n) is 17.8. The SMILES string of the molecule is Cc1cc(C2=NC[C@@](c3cc(Cl)cc(Cl)c3)(C(F)(F)F)[C@H]2O)ccc1C(=O)OC(C)(C)C. The van der Waals surface area contributed by atoms with Crippen LogP contribution in [0.3, 0.4) is 0 Å². The van der Waals surface area contributed by atoms with Gasteiger partial charge in [0.2, 0.25) is 0 Å². The van der Waals surface area contributed by atoms with Crippen LogP contribution >= 0.6 is 23.2 Å². The third-order valence-corrected chi connectivity index (χ3v) is 5.69. The van der Waals surface area contributed by atoms with Gasteiger partial charge in [-0.05, 0) is 74.7 Å². The number of aliphatic imine (C=N–C) groups is 1. The molecule has 0 unspecified atom stereocenters. The van der Waals surface area contributed by atoms with Crippen molar-refractivity contribution in [2.45, 2.75) is 51.0 Å². The molecule has 1 aliphatic rings. The Morgan fingerprint density at radius 1 is 1.12 bits per heavy atom. The number of aliphatic hydroxyl groups excluding tert-OH is 1. The van der Waals surface area contributed by atoms with Crippen molar-refractivity contribution in [1.29, 1.82) is 0 Å². The van der Waals surface area contributed by atoms with Crippen LogP contribution in [-0.2, 0) is 10.2 Å². The molecule has 4 nitrogen and oxygen atoms in total. The summed E-state index contributed by atoms with van der Waals surface area (Å²) in [5, 5.41) is 11.0. The Kier molecular flexibility index (Phi) is 6.41. The molecular formula is C23H22Cl2F3NO3. The number of hydrogen-bond donors (Lipinski definition) is 1. The third-order valence-electron chi connectivity index (χ3n) is 5.25. The van der Waals surface area contributed by atoms with Crippen molar-refractivity contribution in [3.8, 4) is 0 Å². The van der Waals surface area contributed by atoms with E-state index in [4.69, 9.17) is 27.9 Å². The topological polar surface area (TPSA) is 58.9 Å². The molecule has 1 N–H and O–H groups in total. The van der Waals surface area contributed by atoms with E-state index in [-0.39, 0.29) is 32.4 Å². The molecule has 0 spiro atoms. The van der Waals surface area contributed by atoms with Gasteiger partial charge in [-0.2, -0.15) is 13.2 Å². The summed E-state index contributed by atoms with van der Waals surface area (Å²) in [5.74, 6) is -0.548. The average molecular weight is 488 g/mol. The first-order valence-electron chi connectivity index (χ1n) is 9.76. The zero-order valence-corrected chi connectivity index (χ0v) is 19.4. The quantitative estimate of drug-likeness (QED) is 0.546. The summed E-state index contributed by atoms with van der Waals surface area (Å²) < 4.78 is 48.3. The van der Waals surface area contributed by atoms with Gasteiger partial charge in [0, 0.05) is 10.0 Å². The molecule has 9 heteroatoms. The lowest BCUT2D eigenvalue weighted by molar-refractivity contribution is -0.202. The predicted molar refractivity (Wildman–Crippen MR) is 118 cm³/mol. The van der Waals surface area contributed by atoms with Crippen LogP contribution < -0.4 is 0 Å². The monoisotopic (exact) mass is 487 g/mol. The van der Waals surface area contributed by atoms with Crippen LogP contribution in [0.2, 0.25) is 10.0 Å². The van der Waals surface area contributed by atoms with Gasteiger partial charge >= 0.3 is 12.1 Å². The minimum Gasteiger partial charge on any atom is -0.456 e. The number of ether oxygens (including phenoxy) is 1. The standard InChI is InChI=1S/C23H22Cl2F3NO3/c1-12-7-13(5-6-17(12)20(31)32-21(2,3)4)18-19(30)22(11-29-18,23(26,27)28)14-8-15(24)10-16(25)9-14/h5-10,19,30H,11H2,1-4H3/t19-,22-/m0/s1. The predicted octanol–water partition coefficient (Wildman–Crippen LogP) is 5.92. The van der Waals surface area contributed by atoms with E-state index in [1.165, 1.54) is 24.3 Å². The van der Waals surface area contributed by atoms with Crippen LogP contribution in [0.5, 0.6) is 0 Å². The van der Waals surface area contributed by atoms with Crippen molar-refractivity contribution in [1.82, 2.24) is 0 Å². The first kappa shape index (κ1) is 24.6. The Bertz CT molecular complexity index is 1070. The van der Waals surface area contributed by atoms with Crippen molar-refractivity contribution in [2.75, 3.05) is 6.54 Å². The fraction of sp³-hybridized carbons (Fsp3) is 0.391. The summed E-state index contributed by atoms with van der Waals surface area (Å²) in [6.45, 7) is 6.11. The molecule has 1 aliphatic heterocycles. The fourth-order valence-corrected chi connectivity index (χ4v) is 4.25. The van der Waals surface area contributed by atoms with Gasteiger partial charge in [0.15, 0.2) is 0 Å². The first-order valence-corrected chi connectivity index (χ1v) is 10.5. The van der Waals surface area contributed by atoms with Gasteiger partial charge in [-0.1, -0.05) is 29.3 Å². The molecule has 172 valence electrons. The number of alkyl halides is 3. The highest BCUT2D eigenvalue weighted by atomic mass is 35.5. The molecular weight excluding hydrogens is 466 g/mol. The number of benzene rings is 2. The lowest BCUT2D eigenvalue weighted by Gasteiger charge is -2.35. The van der Waals surface area contributed by atoms with Gasteiger partial charge in [0.25, 0.3) is 0 Å². The summed E-state index contributed by atoms with van der Waals surface area (Å²) in [4.78, 5) is 16.4. The van der Waals surface area contributed by atoms with E-state index >= 15 is 0 Å². The van der Waals surface area contributed by atoms with Crippen LogP contribution in [0.25, 0.3) is 0 Å². The number of aliphatic hydroxyl groups is 1. The fourth-order valence-electron chi connectivity index (χ4n) is 3.72. The zero-order chi connectivity index (χ0) is 24.1. The van der Waals surface area contributed by atoms with E-state index in [0.29, 0.717) is 5.56 Å². The Balaban J connectivity index is 2.01. The number of halogens is 5. The summed E-state index contributed by atoms with van der Waals surface area (Å²) in [7, 11) is 0. The summed E-state index contributed by atoms with van der Waals surface area (Å²) in [5.41, 5.74) is -2.75. The van der Waals surface area contributed by atoms with Crippen molar-refractivity contribution in [2.24, 2.45) is 4.99 Å². The minimum absolute atomic E-state index is 0.0225. The Hall–Kier alpha value is -2.09. The summed E-state index contributed by atoms with van der Waals surface area (Å²) in [6, 6.07) is 8.01. The molecule has 2 aromatic carbocycles. The Labute approximate surface area is 194 Å². The maximum Gasteiger partial charge on any atom is 0.403 e. The summed E-state index contributed by atoms with van der Waals surface area (Å²) in [6.07, 6.45) is -6.83. The third kappa shape index (κ3) is 4.51. The van der Waals surface area contributed by atoms with Crippen LogP contribution in [0.1, 0.15) is 47.8 Å². The van der Waals surface area contributed by atoms with Gasteiger partial charge in [-0.3, -0.25) is 4.99 Å². The number of carbonyl (C=O) groups excluding carboxylic acids is 1. The second kappa shape index (κ2) is 8.36.